The van der Waals surface area contributed by atoms with Crippen molar-refractivity contribution in [3.8, 4) is 0 Å². The van der Waals surface area contributed by atoms with Crippen LogP contribution in [0, 0.1) is 0 Å². The molecule has 0 saturated heterocycles. The summed E-state index contributed by atoms with van der Waals surface area (Å²) in [5.74, 6) is -0.116. The molecule has 0 bridgehead atoms. The van der Waals surface area contributed by atoms with Crippen molar-refractivity contribution in [1.29, 1.82) is 0 Å². The van der Waals surface area contributed by atoms with Crippen molar-refractivity contribution in [2.75, 3.05) is 6.54 Å². The average Bonchev–Trinajstić information content (AvgIpc) is 2.25. The van der Waals surface area contributed by atoms with Crippen LogP contribution in [-0.2, 0) is 0 Å². The summed E-state index contributed by atoms with van der Waals surface area (Å²) < 4.78 is 0. The number of allylic oxidation sites excluding steroid dienone is 1. The van der Waals surface area contributed by atoms with Gasteiger partial charge in [-0.1, -0.05) is 18.2 Å². The maximum atomic E-state index is 11.4. The summed E-state index contributed by atoms with van der Waals surface area (Å²) in [5.41, 5.74) is 0.466. The van der Waals surface area contributed by atoms with Crippen molar-refractivity contribution in [3.05, 3.63) is 42.2 Å². The van der Waals surface area contributed by atoms with Gasteiger partial charge in [-0.05, 0) is 25.5 Å². The van der Waals surface area contributed by atoms with Crippen LogP contribution < -0.4 is 5.32 Å². The van der Waals surface area contributed by atoms with Crippen molar-refractivity contribution >= 4 is 5.91 Å². The van der Waals surface area contributed by atoms with E-state index in [1.54, 1.807) is 24.4 Å². The highest BCUT2D eigenvalue weighted by Gasteiger charge is 2.03. The molecule has 1 rings (SSSR count). The number of carbonyl (C=O) groups excluding carboxylic acids is 1. The lowest BCUT2D eigenvalue weighted by atomic mass is 10.3. The summed E-state index contributed by atoms with van der Waals surface area (Å²) in [6.07, 6.45) is 6.45. The molecule has 0 aliphatic heterocycles. The van der Waals surface area contributed by atoms with Gasteiger partial charge in [0.2, 0.25) is 0 Å². The molecular formula is C11H14N2O. The van der Waals surface area contributed by atoms with Crippen LogP contribution >= 0.6 is 0 Å². The van der Waals surface area contributed by atoms with Gasteiger partial charge in [0.05, 0.1) is 0 Å². The molecule has 1 aromatic heterocycles. The van der Waals surface area contributed by atoms with E-state index in [1.165, 1.54) is 0 Å². The Bertz CT molecular complexity index is 306. The highest BCUT2D eigenvalue weighted by Crippen LogP contribution is 1.92. The van der Waals surface area contributed by atoms with Crippen molar-refractivity contribution < 1.29 is 4.79 Å². The van der Waals surface area contributed by atoms with E-state index in [2.05, 4.69) is 10.3 Å². The van der Waals surface area contributed by atoms with Crippen molar-refractivity contribution in [1.82, 2.24) is 10.3 Å². The zero-order chi connectivity index (χ0) is 10.2. The first-order valence-corrected chi connectivity index (χ1v) is 4.65. The van der Waals surface area contributed by atoms with Crippen molar-refractivity contribution in [3.63, 3.8) is 0 Å². The number of nitrogens with one attached hydrogen (secondary N) is 1. The van der Waals surface area contributed by atoms with Gasteiger partial charge in [0.1, 0.15) is 5.69 Å². The van der Waals surface area contributed by atoms with E-state index in [1.807, 2.05) is 19.1 Å². The van der Waals surface area contributed by atoms with E-state index in [0.717, 1.165) is 6.42 Å². The smallest absolute Gasteiger partial charge is 0.269 e. The van der Waals surface area contributed by atoms with Crippen LogP contribution in [0.3, 0.4) is 0 Å². The first-order chi connectivity index (χ1) is 6.84. The summed E-state index contributed by atoms with van der Waals surface area (Å²) in [6.45, 7) is 2.61. The van der Waals surface area contributed by atoms with Gasteiger partial charge in [-0.15, -0.1) is 0 Å². The maximum Gasteiger partial charge on any atom is 0.269 e. The second kappa shape index (κ2) is 5.91. The van der Waals surface area contributed by atoms with E-state index in [9.17, 15) is 4.79 Å². The quantitative estimate of drug-likeness (QED) is 0.581. The van der Waals surface area contributed by atoms with Gasteiger partial charge < -0.3 is 5.32 Å². The molecular weight excluding hydrogens is 176 g/mol. The Morgan fingerprint density at radius 3 is 3.07 bits per heavy atom. The predicted octanol–water partition coefficient (Wildman–Crippen LogP) is 1.78. The molecule has 3 heteroatoms. The molecule has 0 fully saturated rings. The molecule has 0 aromatic carbocycles. The van der Waals surface area contributed by atoms with Crippen LogP contribution in [0.5, 0.6) is 0 Å². The summed E-state index contributed by atoms with van der Waals surface area (Å²) in [6, 6.07) is 5.29. The molecule has 14 heavy (non-hydrogen) atoms. The number of aromatic nitrogens is 1. The first-order valence-electron chi connectivity index (χ1n) is 4.65. The molecule has 1 amide bonds. The van der Waals surface area contributed by atoms with Gasteiger partial charge >= 0.3 is 0 Å². The molecule has 1 heterocycles. The summed E-state index contributed by atoms with van der Waals surface area (Å²) >= 11 is 0. The molecule has 0 unspecified atom stereocenters. The van der Waals surface area contributed by atoms with Gasteiger partial charge in [0.15, 0.2) is 0 Å². The first kappa shape index (κ1) is 10.4. The summed E-state index contributed by atoms with van der Waals surface area (Å²) in [4.78, 5) is 15.4. The number of hydrogen-bond donors (Lipinski definition) is 1. The highest BCUT2D eigenvalue weighted by molar-refractivity contribution is 5.92. The van der Waals surface area contributed by atoms with Crippen LogP contribution in [0.15, 0.2) is 36.5 Å². The lowest BCUT2D eigenvalue weighted by molar-refractivity contribution is 0.0949. The Morgan fingerprint density at radius 1 is 1.57 bits per heavy atom. The zero-order valence-corrected chi connectivity index (χ0v) is 8.23. The molecule has 1 N–H and O–H groups in total. The highest BCUT2D eigenvalue weighted by atomic mass is 16.1. The minimum atomic E-state index is -0.116. The lowest BCUT2D eigenvalue weighted by Crippen LogP contribution is -2.24. The molecule has 0 saturated carbocycles. The van der Waals surface area contributed by atoms with Crippen LogP contribution in [0.2, 0.25) is 0 Å². The number of pyridine rings is 1. The fourth-order valence-electron chi connectivity index (χ4n) is 1.02. The third kappa shape index (κ3) is 3.39. The van der Waals surface area contributed by atoms with Crippen LogP contribution in [0.1, 0.15) is 23.8 Å². The molecule has 0 aliphatic rings. The van der Waals surface area contributed by atoms with Crippen LogP contribution in [-0.4, -0.2) is 17.4 Å². The minimum absolute atomic E-state index is 0.116. The zero-order valence-electron chi connectivity index (χ0n) is 8.23. The number of hydrogen-bond acceptors (Lipinski definition) is 2. The largest absolute Gasteiger partial charge is 0.350 e. The number of amides is 1. The van der Waals surface area contributed by atoms with Gasteiger partial charge in [0.25, 0.3) is 5.91 Å². The van der Waals surface area contributed by atoms with E-state index in [4.69, 9.17) is 0 Å². The Labute approximate surface area is 83.9 Å². The second-order valence-corrected chi connectivity index (χ2v) is 2.83. The Balaban J connectivity index is 2.36. The van der Waals surface area contributed by atoms with E-state index < -0.39 is 0 Å². The van der Waals surface area contributed by atoms with E-state index in [0.29, 0.717) is 12.2 Å². The fourth-order valence-corrected chi connectivity index (χ4v) is 1.02. The van der Waals surface area contributed by atoms with Crippen LogP contribution in [0.25, 0.3) is 0 Å². The summed E-state index contributed by atoms with van der Waals surface area (Å²) in [5, 5.41) is 2.78. The minimum Gasteiger partial charge on any atom is -0.350 e. The monoisotopic (exact) mass is 190 g/mol. The Morgan fingerprint density at radius 2 is 2.43 bits per heavy atom. The lowest BCUT2D eigenvalue weighted by Gasteiger charge is -2.01. The van der Waals surface area contributed by atoms with Crippen molar-refractivity contribution in [2.45, 2.75) is 13.3 Å². The number of carbonyl (C=O) groups is 1. The number of rotatable bonds is 4. The molecule has 1 aromatic rings. The van der Waals surface area contributed by atoms with Crippen LogP contribution in [0.4, 0.5) is 0 Å². The third-order valence-electron chi connectivity index (χ3n) is 1.73. The van der Waals surface area contributed by atoms with E-state index >= 15 is 0 Å². The molecule has 0 radical (unpaired) electrons. The molecule has 3 nitrogen and oxygen atoms in total. The Kier molecular flexibility index (Phi) is 4.41. The number of nitrogens with zero attached hydrogens (tertiary/aromatic N) is 1. The van der Waals surface area contributed by atoms with Gasteiger partial charge in [-0.25, -0.2) is 0 Å². The second-order valence-electron chi connectivity index (χ2n) is 2.83. The van der Waals surface area contributed by atoms with E-state index in [-0.39, 0.29) is 5.91 Å². The maximum absolute atomic E-state index is 11.4. The predicted molar refractivity (Wildman–Crippen MR) is 56.0 cm³/mol. The molecule has 0 atom stereocenters. The fraction of sp³-hybridized carbons (Fsp3) is 0.273. The van der Waals surface area contributed by atoms with Crippen molar-refractivity contribution in [2.24, 2.45) is 0 Å². The molecule has 74 valence electrons. The topological polar surface area (TPSA) is 42.0 Å². The Hall–Kier alpha value is -1.64. The third-order valence-corrected chi connectivity index (χ3v) is 1.73. The molecule has 0 aliphatic carbocycles. The standard InChI is InChI=1S/C11H14N2O/c1-2-3-5-9-13-11(14)10-7-4-6-8-12-10/h2-4,6-8H,5,9H2,1H3,(H,13,14)/b3-2+. The molecule has 0 spiro atoms. The van der Waals surface area contributed by atoms with Gasteiger partial charge in [0, 0.05) is 12.7 Å². The average molecular weight is 190 g/mol. The summed E-state index contributed by atoms with van der Waals surface area (Å²) in [7, 11) is 0. The van der Waals surface area contributed by atoms with Gasteiger partial charge in [-0.2, -0.15) is 0 Å². The SMILES string of the molecule is C/C=C/CCNC(=O)c1ccccn1. The normalized spacial score (nSPS) is 10.4. The van der Waals surface area contributed by atoms with Gasteiger partial charge in [-0.3, -0.25) is 9.78 Å².